The number of benzene rings is 2. The van der Waals surface area contributed by atoms with Crippen molar-refractivity contribution in [3.63, 3.8) is 0 Å². The maximum absolute atomic E-state index is 12.6. The van der Waals surface area contributed by atoms with E-state index in [1.807, 2.05) is 61.7 Å². The summed E-state index contributed by atoms with van der Waals surface area (Å²) in [7, 11) is 0. The van der Waals surface area contributed by atoms with Gasteiger partial charge in [-0.25, -0.2) is 4.79 Å². The number of nitrogens with one attached hydrogen (secondary N) is 1. The van der Waals surface area contributed by atoms with Crippen LogP contribution in [0.3, 0.4) is 0 Å². The monoisotopic (exact) mass is 409 g/mol. The van der Waals surface area contributed by atoms with Crippen molar-refractivity contribution in [3.8, 4) is 16.9 Å². The first-order valence-electron chi connectivity index (χ1n) is 9.33. The van der Waals surface area contributed by atoms with Gasteiger partial charge in [-0.05, 0) is 44.0 Å². The number of ether oxygens (including phenoxy) is 2. The lowest BCUT2D eigenvalue weighted by Gasteiger charge is -2.10. The summed E-state index contributed by atoms with van der Waals surface area (Å²) >= 11 is 1.29. The molecular formula is C23H23NO4S. The molecule has 0 aliphatic carbocycles. The van der Waals surface area contributed by atoms with Gasteiger partial charge in [0, 0.05) is 10.9 Å². The second-order valence-corrected chi connectivity index (χ2v) is 7.47. The Kier molecular flexibility index (Phi) is 6.67. The van der Waals surface area contributed by atoms with Crippen LogP contribution in [0.2, 0.25) is 0 Å². The number of rotatable bonds is 7. The minimum Gasteiger partial charge on any atom is -0.484 e. The quantitative estimate of drug-likeness (QED) is 0.543. The SMILES string of the molecule is CCOC(=O)c1c(-c2ccc(C)cc2)csc1NC(=O)COc1cccc(C)c1. The number of anilines is 1. The number of esters is 1. The van der Waals surface area contributed by atoms with Crippen LogP contribution < -0.4 is 10.1 Å². The summed E-state index contributed by atoms with van der Waals surface area (Å²) in [5.74, 6) is -0.175. The van der Waals surface area contributed by atoms with Crippen LogP contribution in [0.4, 0.5) is 5.00 Å². The fraction of sp³-hybridized carbons (Fsp3) is 0.217. The molecule has 0 spiro atoms. The van der Waals surface area contributed by atoms with E-state index in [0.717, 1.165) is 22.3 Å². The van der Waals surface area contributed by atoms with Gasteiger partial charge in [-0.15, -0.1) is 11.3 Å². The fourth-order valence-electron chi connectivity index (χ4n) is 2.82. The lowest BCUT2D eigenvalue weighted by atomic mass is 10.0. The van der Waals surface area contributed by atoms with E-state index in [9.17, 15) is 9.59 Å². The third-order valence-corrected chi connectivity index (χ3v) is 5.14. The molecule has 1 heterocycles. The molecule has 150 valence electrons. The Labute approximate surface area is 174 Å². The zero-order valence-electron chi connectivity index (χ0n) is 16.7. The van der Waals surface area contributed by atoms with Crippen LogP contribution in [0, 0.1) is 13.8 Å². The Morgan fingerprint density at radius 1 is 1.03 bits per heavy atom. The molecule has 1 aromatic heterocycles. The van der Waals surface area contributed by atoms with Crippen molar-refractivity contribution in [3.05, 3.63) is 70.6 Å². The van der Waals surface area contributed by atoms with Gasteiger partial charge in [0.25, 0.3) is 5.91 Å². The lowest BCUT2D eigenvalue weighted by molar-refractivity contribution is -0.118. The maximum atomic E-state index is 12.6. The second-order valence-electron chi connectivity index (χ2n) is 6.59. The molecule has 0 radical (unpaired) electrons. The molecule has 5 nitrogen and oxygen atoms in total. The molecule has 0 atom stereocenters. The van der Waals surface area contributed by atoms with Crippen molar-refractivity contribution in [1.82, 2.24) is 0 Å². The highest BCUT2D eigenvalue weighted by atomic mass is 32.1. The van der Waals surface area contributed by atoms with Gasteiger partial charge in [0.1, 0.15) is 16.3 Å². The average Bonchev–Trinajstić information content (AvgIpc) is 3.11. The van der Waals surface area contributed by atoms with Gasteiger partial charge < -0.3 is 14.8 Å². The molecule has 1 amide bonds. The molecule has 0 saturated heterocycles. The molecule has 3 aromatic rings. The highest BCUT2D eigenvalue weighted by Crippen LogP contribution is 2.36. The zero-order chi connectivity index (χ0) is 20.8. The number of hydrogen-bond acceptors (Lipinski definition) is 5. The molecule has 0 saturated carbocycles. The summed E-state index contributed by atoms with van der Waals surface area (Å²) < 4.78 is 10.8. The summed E-state index contributed by atoms with van der Waals surface area (Å²) in [6.07, 6.45) is 0. The molecule has 29 heavy (non-hydrogen) atoms. The Hall–Kier alpha value is -3.12. The van der Waals surface area contributed by atoms with Crippen LogP contribution in [0.25, 0.3) is 11.1 Å². The molecule has 0 unspecified atom stereocenters. The minimum absolute atomic E-state index is 0.149. The summed E-state index contributed by atoms with van der Waals surface area (Å²) in [6, 6.07) is 15.3. The topological polar surface area (TPSA) is 64.6 Å². The standard InChI is InChI=1S/C23H23NO4S/c1-4-27-23(26)21-19(17-10-8-15(2)9-11-17)14-29-22(21)24-20(25)13-28-18-7-5-6-16(3)12-18/h5-12,14H,4,13H2,1-3H3,(H,24,25). The van der Waals surface area contributed by atoms with E-state index in [1.165, 1.54) is 11.3 Å². The van der Waals surface area contributed by atoms with Crippen molar-refractivity contribution in [1.29, 1.82) is 0 Å². The normalized spacial score (nSPS) is 10.4. The number of thiophene rings is 1. The van der Waals surface area contributed by atoms with Crippen molar-refractivity contribution >= 4 is 28.2 Å². The van der Waals surface area contributed by atoms with Crippen LogP contribution in [-0.4, -0.2) is 25.1 Å². The van der Waals surface area contributed by atoms with Gasteiger partial charge in [0.05, 0.1) is 6.61 Å². The smallest absolute Gasteiger partial charge is 0.341 e. The van der Waals surface area contributed by atoms with E-state index in [0.29, 0.717) is 16.3 Å². The van der Waals surface area contributed by atoms with Gasteiger partial charge in [-0.3, -0.25) is 4.79 Å². The Morgan fingerprint density at radius 2 is 1.79 bits per heavy atom. The largest absolute Gasteiger partial charge is 0.484 e. The molecule has 0 bridgehead atoms. The summed E-state index contributed by atoms with van der Waals surface area (Å²) in [5, 5.41) is 5.10. The van der Waals surface area contributed by atoms with Crippen LogP contribution in [0.15, 0.2) is 53.9 Å². The number of amides is 1. The van der Waals surface area contributed by atoms with Gasteiger partial charge >= 0.3 is 5.97 Å². The average molecular weight is 410 g/mol. The lowest BCUT2D eigenvalue weighted by Crippen LogP contribution is -2.21. The van der Waals surface area contributed by atoms with Crippen molar-refractivity contribution in [2.45, 2.75) is 20.8 Å². The minimum atomic E-state index is -0.459. The van der Waals surface area contributed by atoms with E-state index in [4.69, 9.17) is 9.47 Å². The molecule has 3 rings (SSSR count). The van der Waals surface area contributed by atoms with Crippen molar-refractivity contribution in [2.75, 3.05) is 18.5 Å². The Bertz CT molecular complexity index is 1010. The molecule has 0 fully saturated rings. The van der Waals surface area contributed by atoms with Crippen LogP contribution >= 0.6 is 11.3 Å². The molecule has 6 heteroatoms. The molecule has 2 aromatic carbocycles. The van der Waals surface area contributed by atoms with Crippen LogP contribution in [0.1, 0.15) is 28.4 Å². The zero-order valence-corrected chi connectivity index (χ0v) is 17.5. The predicted octanol–water partition coefficient (Wildman–Crippen LogP) is 5.23. The summed E-state index contributed by atoms with van der Waals surface area (Å²) in [5.41, 5.74) is 4.18. The van der Waals surface area contributed by atoms with Gasteiger partial charge in [0.2, 0.25) is 0 Å². The molecule has 0 aliphatic rings. The van der Waals surface area contributed by atoms with Crippen molar-refractivity contribution < 1.29 is 19.1 Å². The van der Waals surface area contributed by atoms with Crippen LogP contribution in [-0.2, 0) is 9.53 Å². The molecule has 1 N–H and O–H groups in total. The van der Waals surface area contributed by atoms with E-state index in [2.05, 4.69) is 5.32 Å². The second kappa shape index (κ2) is 9.39. The Balaban J connectivity index is 1.79. The maximum Gasteiger partial charge on any atom is 0.341 e. The van der Waals surface area contributed by atoms with Crippen molar-refractivity contribution in [2.24, 2.45) is 0 Å². The van der Waals surface area contributed by atoms with E-state index in [1.54, 1.807) is 13.0 Å². The van der Waals surface area contributed by atoms with Crippen LogP contribution in [0.5, 0.6) is 5.75 Å². The number of carbonyl (C=O) groups excluding carboxylic acids is 2. The highest BCUT2D eigenvalue weighted by molar-refractivity contribution is 7.15. The first kappa shape index (κ1) is 20.6. The third-order valence-electron chi connectivity index (χ3n) is 4.25. The Morgan fingerprint density at radius 3 is 2.48 bits per heavy atom. The van der Waals surface area contributed by atoms with E-state index >= 15 is 0 Å². The van der Waals surface area contributed by atoms with Gasteiger partial charge in [-0.2, -0.15) is 0 Å². The fourth-order valence-corrected chi connectivity index (χ4v) is 3.79. The summed E-state index contributed by atoms with van der Waals surface area (Å²) in [4.78, 5) is 25.0. The van der Waals surface area contributed by atoms with E-state index in [-0.39, 0.29) is 19.1 Å². The third kappa shape index (κ3) is 5.23. The van der Waals surface area contributed by atoms with Gasteiger partial charge in [-0.1, -0.05) is 42.0 Å². The highest BCUT2D eigenvalue weighted by Gasteiger charge is 2.23. The van der Waals surface area contributed by atoms with Gasteiger partial charge in [0.15, 0.2) is 6.61 Å². The number of carbonyl (C=O) groups is 2. The summed E-state index contributed by atoms with van der Waals surface area (Å²) in [6.45, 7) is 5.82. The first-order valence-corrected chi connectivity index (χ1v) is 10.2. The molecular weight excluding hydrogens is 386 g/mol. The first-order chi connectivity index (χ1) is 14.0. The number of aryl methyl sites for hydroxylation is 2. The molecule has 0 aliphatic heterocycles. The number of hydrogen-bond donors (Lipinski definition) is 1. The predicted molar refractivity (Wildman–Crippen MR) is 116 cm³/mol. The van der Waals surface area contributed by atoms with E-state index < -0.39 is 5.97 Å².